The first-order valence-corrected chi connectivity index (χ1v) is 10.9. The van der Waals surface area contributed by atoms with Gasteiger partial charge in [0.25, 0.3) is 5.69 Å². The molecule has 0 spiro atoms. The van der Waals surface area contributed by atoms with E-state index in [0.717, 1.165) is 6.07 Å². The van der Waals surface area contributed by atoms with Gasteiger partial charge < -0.3 is 15.0 Å². The van der Waals surface area contributed by atoms with Gasteiger partial charge in [0, 0.05) is 48.5 Å². The van der Waals surface area contributed by atoms with Crippen LogP contribution in [0.15, 0.2) is 34.4 Å². The van der Waals surface area contributed by atoms with Crippen molar-refractivity contribution in [1.82, 2.24) is 19.7 Å². The van der Waals surface area contributed by atoms with Crippen molar-refractivity contribution in [3.8, 4) is 11.3 Å². The van der Waals surface area contributed by atoms with Crippen molar-refractivity contribution in [3.05, 3.63) is 57.3 Å². The maximum absolute atomic E-state index is 15.1. The minimum atomic E-state index is -6.69. The SMILES string of the molecule is COCc1nnc(Sc2c(C(N)=O)cc([N+](=O)[O-])cc2-c2ncc(C(F)(F)C(F)(F)C(F)(F)F)cc2F)n1C. The highest BCUT2D eigenvalue weighted by molar-refractivity contribution is 7.99. The predicted octanol–water partition coefficient (Wildman–Crippen LogP) is 4.61. The minimum Gasteiger partial charge on any atom is -0.377 e. The van der Waals surface area contributed by atoms with Gasteiger partial charge in [-0.15, -0.1) is 10.2 Å². The second kappa shape index (κ2) is 10.4. The highest BCUT2D eigenvalue weighted by Crippen LogP contribution is 2.52. The Kier molecular flexibility index (Phi) is 7.89. The summed E-state index contributed by atoms with van der Waals surface area (Å²) < 4.78 is 114. The molecule has 39 heavy (non-hydrogen) atoms. The summed E-state index contributed by atoms with van der Waals surface area (Å²) in [4.78, 5) is 25.5. The number of rotatable bonds is 9. The van der Waals surface area contributed by atoms with E-state index in [0.29, 0.717) is 17.8 Å². The number of carbonyl (C=O) groups excluding carboxylic acids is 1. The topological polar surface area (TPSA) is 139 Å². The van der Waals surface area contributed by atoms with Gasteiger partial charge in [-0.05, 0) is 17.8 Å². The fourth-order valence-electron chi connectivity index (χ4n) is 3.14. The maximum Gasteiger partial charge on any atom is 0.460 e. The third kappa shape index (κ3) is 5.35. The summed E-state index contributed by atoms with van der Waals surface area (Å²) in [6.07, 6.45) is -6.84. The molecule has 0 unspecified atom stereocenters. The molecule has 0 radical (unpaired) electrons. The van der Waals surface area contributed by atoms with Crippen LogP contribution in [-0.4, -0.2) is 49.8 Å². The molecule has 0 aliphatic heterocycles. The van der Waals surface area contributed by atoms with Crippen LogP contribution in [0.5, 0.6) is 0 Å². The quantitative estimate of drug-likeness (QED) is 0.218. The number of non-ortho nitro benzene ring substituents is 1. The summed E-state index contributed by atoms with van der Waals surface area (Å²) >= 11 is 0.571. The molecule has 0 bridgehead atoms. The van der Waals surface area contributed by atoms with Crippen LogP contribution >= 0.6 is 11.8 Å². The van der Waals surface area contributed by atoms with Crippen molar-refractivity contribution in [2.75, 3.05) is 7.11 Å². The molecule has 0 aliphatic rings. The van der Waals surface area contributed by atoms with E-state index in [9.17, 15) is 45.6 Å². The lowest BCUT2D eigenvalue weighted by molar-refractivity contribution is -0.384. The monoisotopic (exact) mass is 586 g/mol. The van der Waals surface area contributed by atoms with Gasteiger partial charge in [-0.1, -0.05) is 0 Å². The fourth-order valence-corrected chi connectivity index (χ4v) is 4.18. The number of hydrogen-bond acceptors (Lipinski definition) is 8. The highest BCUT2D eigenvalue weighted by Gasteiger charge is 2.73. The Bertz CT molecular complexity index is 1450. The number of methoxy groups -OCH3 is 1. The Hall–Kier alpha value is -3.87. The summed E-state index contributed by atoms with van der Waals surface area (Å²) in [5.74, 6) is -15.4. The first-order valence-electron chi connectivity index (χ1n) is 10.1. The van der Waals surface area contributed by atoms with E-state index in [1.807, 2.05) is 0 Å². The predicted molar refractivity (Wildman–Crippen MR) is 116 cm³/mol. The zero-order chi connectivity index (χ0) is 29.5. The van der Waals surface area contributed by atoms with E-state index in [-0.39, 0.29) is 34.7 Å². The number of alkyl halides is 7. The highest BCUT2D eigenvalue weighted by atomic mass is 32.2. The lowest BCUT2D eigenvalue weighted by atomic mass is 10.0. The van der Waals surface area contributed by atoms with E-state index in [2.05, 4.69) is 15.2 Å². The van der Waals surface area contributed by atoms with E-state index in [4.69, 9.17) is 10.5 Å². The number of aromatic nitrogens is 4. The van der Waals surface area contributed by atoms with Crippen molar-refractivity contribution in [3.63, 3.8) is 0 Å². The second-order valence-electron chi connectivity index (χ2n) is 7.69. The Morgan fingerprint density at radius 2 is 1.79 bits per heavy atom. The lowest BCUT2D eigenvalue weighted by Crippen LogP contribution is -2.50. The molecule has 1 aromatic carbocycles. The van der Waals surface area contributed by atoms with Crippen LogP contribution in [-0.2, 0) is 24.3 Å². The zero-order valence-corrected chi connectivity index (χ0v) is 20.2. The second-order valence-corrected chi connectivity index (χ2v) is 8.66. The van der Waals surface area contributed by atoms with Gasteiger partial charge in [0.05, 0.1) is 10.5 Å². The molecular formula is C20H14F8N6O4S. The Balaban J connectivity index is 2.25. The Morgan fingerprint density at radius 1 is 1.15 bits per heavy atom. The van der Waals surface area contributed by atoms with Crippen LogP contribution in [0.3, 0.4) is 0 Å². The minimum absolute atomic E-state index is 0.00744. The largest absolute Gasteiger partial charge is 0.460 e. The fraction of sp³-hybridized carbons (Fsp3) is 0.300. The first kappa shape index (κ1) is 29.7. The molecule has 3 aromatic rings. The third-order valence-electron chi connectivity index (χ3n) is 5.15. The van der Waals surface area contributed by atoms with Gasteiger partial charge >= 0.3 is 18.0 Å². The number of primary amides is 1. The number of ether oxygens (including phenoxy) is 1. The number of nitro benzene ring substituents is 1. The van der Waals surface area contributed by atoms with Gasteiger partial charge in [0.2, 0.25) is 5.91 Å². The normalized spacial score (nSPS) is 12.6. The van der Waals surface area contributed by atoms with Crippen LogP contribution in [0, 0.1) is 15.9 Å². The summed E-state index contributed by atoms with van der Waals surface area (Å²) in [6.45, 7) is -0.0196. The number of amides is 1. The van der Waals surface area contributed by atoms with Gasteiger partial charge in [-0.2, -0.15) is 30.7 Å². The molecule has 10 nitrogen and oxygen atoms in total. The lowest BCUT2D eigenvalue weighted by Gasteiger charge is -2.28. The molecule has 2 aromatic heterocycles. The van der Waals surface area contributed by atoms with E-state index >= 15 is 4.39 Å². The smallest absolute Gasteiger partial charge is 0.377 e. The van der Waals surface area contributed by atoms with Gasteiger partial charge in [0.15, 0.2) is 11.0 Å². The first-order chi connectivity index (χ1) is 17.9. The number of halogens is 8. The molecular weight excluding hydrogens is 572 g/mol. The van der Waals surface area contributed by atoms with Crippen LogP contribution < -0.4 is 5.73 Å². The molecule has 0 saturated heterocycles. The molecule has 19 heteroatoms. The number of carbonyl (C=O) groups is 1. The molecule has 2 N–H and O–H groups in total. The van der Waals surface area contributed by atoms with Crippen molar-refractivity contribution in [2.45, 2.75) is 34.7 Å². The Labute approximate surface area is 216 Å². The van der Waals surface area contributed by atoms with Crippen LogP contribution in [0.2, 0.25) is 0 Å². The molecule has 2 heterocycles. The molecule has 3 rings (SSSR count). The number of nitrogens with zero attached hydrogens (tertiary/aromatic N) is 5. The average molecular weight is 586 g/mol. The summed E-state index contributed by atoms with van der Waals surface area (Å²) in [6, 6.07) is 1.08. The number of nitrogens with two attached hydrogens (primary N) is 1. The Morgan fingerprint density at radius 3 is 2.31 bits per heavy atom. The molecule has 0 aliphatic carbocycles. The number of hydrogen-bond donors (Lipinski definition) is 1. The number of benzene rings is 1. The third-order valence-corrected chi connectivity index (χ3v) is 6.33. The molecule has 1 amide bonds. The van der Waals surface area contributed by atoms with Crippen molar-refractivity contribution in [2.24, 2.45) is 12.8 Å². The zero-order valence-electron chi connectivity index (χ0n) is 19.4. The van der Waals surface area contributed by atoms with Crippen molar-refractivity contribution >= 4 is 23.4 Å². The number of pyridine rings is 1. The molecule has 0 saturated carbocycles. The van der Waals surface area contributed by atoms with Crippen LogP contribution in [0.1, 0.15) is 21.7 Å². The van der Waals surface area contributed by atoms with Crippen LogP contribution in [0.25, 0.3) is 11.3 Å². The summed E-state index contributed by atoms with van der Waals surface area (Å²) in [5, 5.41) is 19.1. The van der Waals surface area contributed by atoms with Gasteiger partial charge in [-0.3, -0.25) is 19.9 Å². The maximum atomic E-state index is 15.1. The van der Waals surface area contributed by atoms with E-state index in [1.54, 1.807) is 0 Å². The summed E-state index contributed by atoms with van der Waals surface area (Å²) in [7, 11) is 2.82. The van der Waals surface area contributed by atoms with Gasteiger partial charge in [-0.25, -0.2) is 4.39 Å². The standard InChI is InChI=1S/C20H14F8N6O4S/c1-33-13(7-38-2)31-32-17(33)39-15-10(4-9(34(36)37)5-11(15)16(29)35)14-12(21)3-8(6-30-14)18(22,23)19(24,25)20(26,27)28/h3-6H,7H2,1-2H3,(H2,29,35). The van der Waals surface area contributed by atoms with Crippen LogP contribution in [0.4, 0.5) is 40.8 Å². The molecule has 0 fully saturated rings. The molecule has 0 atom stereocenters. The van der Waals surface area contributed by atoms with E-state index < -0.39 is 62.7 Å². The van der Waals surface area contributed by atoms with Crippen molar-refractivity contribution in [1.29, 1.82) is 0 Å². The molecule has 210 valence electrons. The van der Waals surface area contributed by atoms with Gasteiger partial charge in [0.1, 0.15) is 18.1 Å². The number of nitro groups is 1. The summed E-state index contributed by atoms with van der Waals surface area (Å²) in [5.41, 5.74) is 0.208. The van der Waals surface area contributed by atoms with E-state index in [1.165, 1.54) is 18.7 Å². The van der Waals surface area contributed by atoms with Crippen molar-refractivity contribution < 1.29 is 49.6 Å². The average Bonchev–Trinajstić information content (AvgIpc) is 3.17.